The Bertz CT molecular complexity index is 1460. The van der Waals surface area contributed by atoms with Gasteiger partial charge in [-0.1, -0.05) is 36.4 Å². The monoisotopic (exact) mass is 558 g/mol. The van der Waals surface area contributed by atoms with Crippen LogP contribution in [0.1, 0.15) is 22.4 Å². The van der Waals surface area contributed by atoms with Crippen molar-refractivity contribution in [3.63, 3.8) is 0 Å². The van der Waals surface area contributed by atoms with E-state index in [1.165, 1.54) is 29.2 Å². The van der Waals surface area contributed by atoms with E-state index in [9.17, 15) is 31.1 Å². The summed E-state index contributed by atoms with van der Waals surface area (Å²) in [7, 11) is 0. The standard InChI is InChI=1S/C29H24F6N4O/c30-28(31,32)23-7-5-22(6-8-23)21-3-1-20(2-4-21)16-38-19-36-15-26(38)17-37-13-14-39(27(40)18-37)25-11-9-24(10-12-25)29(33,34)35/h1-12,15,19H,13-14,16-18H2. The molecule has 0 unspecified atom stereocenters. The van der Waals surface area contributed by atoms with Crippen molar-refractivity contribution in [2.24, 2.45) is 0 Å². The minimum Gasteiger partial charge on any atom is -0.329 e. The second-order valence-electron chi connectivity index (χ2n) is 9.59. The number of piperazine rings is 1. The number of carbonyl (C=O) groups is 1. The first-order valence-electron chi connectivity index (χ1n) is 12.4. The average Bonchev–Trinajstić information content (AvgIpc) is 3.34. The normalized spacial score (nSPS) is 15.1. The molecule has 1 aromatic heterocycles. The summed E-state index contributed by atoms with van der Waals surface area (Å²) < 4.78 is 79.0. The first-order chi connectivity index (χ1) is 19.0. The highest BCUT2D eigenvalue weighted by Gasteiger charge is 2.32. The molecule has 1 amide bonds. The number of hydrogen-bond donors (Lipinski definition) is 0. The number of imidazole rings is 1. The van der Waals surface area contributed by atoms with Crippen molar-refractivity contribution in [1.29, 1.82) is 0 Å². The Hall–Kier alpha value is -4.12. The van der Waals surface area contributed by atoms with Crippen molar-refractivity contribution in [3.8, 4) is 11.1 Å². The number of amides is 1. The molecule has 5 rings (SSSR count). The molecule has 0 atom stereocenters. The second kappa shape index (κ2) is 10.8. The lowest BCUT2D eigenvalue weighted by Crippen LogP contribution is -2.50. The number of carbonyl (C=O) groups excluding carboxylic acids is 1. The molecule has 0 aliphatic carbocycles. The van der Waals surface area contributed by atoms with Crippen molar-refractivity contribution in [2.75, 3.05) is 24.5 Å². The number of halogens is 6. The minimum absolute atomic E-state index is 0.119. The summed E-state index contributed by atoms with van der Waals surface area (Å²) >= 11 is 0. The summed E-state index contributed by atoms with van der Waals surface area (Å²) in [5.41, 5.74) is 2.33. The summed E-state index contributed by atoms with van der Waals surface area (Å²) in [6.45, 7) is 2.00. The van der Waals surface area contributed by atoms with Gasteiger partial charge in [-0.25, -0.2) is 4.98 Å². The fourth-order valence-corrected chi connectivity index (χ4v) is 4.66. The lowest BCUT2D eigenvalue weighted by Gasteiger charge is -2.34. The second-order valence-corrected chi connectivity index (χ2v) is 9.59. The molecule has 0 radical (unpaired) electrons. The number of alkyl halides is 6. The fraction of sp³-hybridized carbons (Fsp3) is 0.241. The van der Waals surface area contributed by atoms with Crippen LogP contribution in [0.4, 0.5) is 32.0 Å². The predicted molar refractivity (Wildman–Crippen MR) is 137 cm³/mol. The summed E-state index contributed by atoms with van der Waals surface area (Å²) in [5, 5.41) is 0. The number of anilines is 1. The maximum absolute atomic E-state index is 12.8. The van der Waals surface area contributed by atoms with Gasteiger partial charge in [-0.15, -0.1) is 0 Å². The predicted octanol–water partition coefficient (Wildman–Crippen LogP) is 6.48. The van der Waals surface area contributed by atoms with Crippen LogP contribution in [0.2, 0.25) is 0 Å². The summed E-state index contributed by atoms with van der Waals surface area (Å²) in [4.78, 5) is 20.5. The van der Waals surface area contributed by atoms with Gasteiger partial charge in [-0.3, -0.25) is 9.69 Å². The van der Waals surface area contributed by atoms with Gasteiger partial charge in [-0.2, -0.15) is 26.3 Å². The SMILES string of the molecule is O=C1CN(Cc2cncn2Cc2ccc(-c3ccc(C(F)(F)F)cc3)cc2)CCN1c1ccc(C(F)(F)F)cc1. The number of hydrogen-bond acceptors (Lipinski definition) is 3. The van der Waals surface area contributed by atoms with Gasteiger partial charge in [0.1, 0.15) is 0 Å². The van der Waals surface area contributed by atoms with Crippen molar-refractivity contribution in [2.45, 2.75) is 25.4 Å². The Labute approximate surface area is 226 Å². The van der Waals surface area contributed by atoms with Gasteiger partial charge in [0.05, 0.1) is 29.7 Å². The van der Waals surface area contributed by atoms with Crippen LogP contribution in [0.25, 0.3) is 11.1 Å². The molecule has 0 saturated carbocycles. The van der Waals surface area contributed by atoms with Crippen LogP contribution in [-0.2, 0) is 30.2 Å². The third kappa shape index (κ3) is 6.20. The van der Waals surface area contributed by atoms with Gasteiger partial charge in [-0.05, 0) is 53.1 Å². The topological polar surface area (TPSA) is 41.4 Å². The summed E-state index contributed by atoms with van der Waals surface area (Å²) in [5.74, 6) is -0.198. The molecule has 40 heavy (non-hydrogen) atoms. The first-order valence-corrected chi connectivity index (χ1v) is 12.4. The van der Waals surface area contributed by atoms with Crippen LogP contribution in [0.3, 0.4) is 0 Å². The molecule has 5 nitrogen and oxygen atoms in total. The molecular weight excluding hydrogens is 534 g/mol. The molecule has 1 saturated heterocycles. The summed E-state index contributed by atoms with van der Waals surface area (Å²) in [6, 6.07) is 17.1. The van der Waals surface area contributed by atoms with Crippen molar-refractivity contribution >= 4 is 11.6 Å². The zero-order chi connectivity index (χ0) is 28.5. The number of rotatable bonds is 6. The molecule has 1 aliphatic heterocycles. The molecule has 0 spiro atoms. The van der Waals surface area contributed by atoms with Crippen molar-refractivity contribution in [1.82, 2.24) is 14.5 Å². The molecule has 3 aromatic carbocycles. The van der Waals surface area contributed by atoms with E-state index in [2.05, 4.69) is 4.98 Å². The van der Waals surface area contributed by atoms with E-state index in [1.807, 2.05) is 33.7 Å². The molecule has 0 bridgehead atoms. The molecule has 2 heterocycles. The zero-order valence-electron chi connectivity index (χ0n) is 21.1. The van der Waals surface area contributed by atoms with E-state index < -0.39 is 23.5 Å². The van der Waals surface area contributed by atoms with Crippen LogP contribution in [0, 0.1) is 0 Å². The Balaban J connectivity index is 1.19. The van der Waals surface area contributed by atoms with Crippen molar-refractivity contribution < 1.29 is 31.1 Å². The van der Waals surface area contributed by atoms with E-state index >= 15 is 0 Å². The van der Waals surface area contributed by atoms with Gasteiger partial charge in [0.15, 0.2) is 0 Å². The quantitative estimate of drug-likeness (QED) is 0.254. The maximum atomic E-state index is 12.8. The highest BCUT2D eigenvalue weighted by atomic mass is 19.4. The first kappa shape index (κ1) is 27.4. The Morgan fingerprint density at radius 2 is 1.25 bits per heavy atom. The van der Waals surface area contributed by atoms with Gasteiger partial charge in [0, 0.05) is 38.1 Å². The van der Waals surface area contributed by atoms with Crippen LogP contribution in [-0.4, -0.2) is 40.0 Å². The van der Waals surface area contributed by atoms with Crippen LogP contribution < -0.4 is 4.90 Å². The number of nitrogens with zero attached hydrogens (tertiary/aromatic N) is 4. The Kier molecular flexibility index (Phi) is 7.41. The van der Waals surface area contributed by atoms with Gasteiger partial charge in [0.25, 0.3) is 0 Å². The smallest absolute Gasteiger partial charge is 0.329 e. The molecule has 11 heteroatoms. The minimum atomic E-state index is -4.43. The zero-order valence-corrected chi connectivity index (χ0v) is 21.1. The average molecular weight is 559 g/mol. The number of aromatic nitrogens is 2. The Morgan fingerprint density at radius 3 is 1.80 bits per heavy atom. The highest BCUT2D eigenvalue weighted by Crippen LogP contribution is 2.32. The highest BCUT2D eigenvalue weighted by molar-refractivity contribution is 5.95. The van der Waals surface area contributed by atoms with E-state index in [1.54, 1.807) is 12.5 Å². The van der Waals surface area contributed by atoms with Gasteiger partial charge in [0.2, 0.25) is 5.91 Å². The lowest BCUT2D eigenvalue weighted by molar-refractivity contribution is -0.138. The van der Waals surface area contributed by atoms with Crippen LogP contribution in [0.5, 0.6) is 0 Å². The third-order valence-electron chi connectivity index (χ3n) is 6.84. The molecule has 1 fully saturated rings. The molecule has 0 N–H and O–H groups in total. The van der Waals surface area contributed by atoms with Crippen LogP contribution in [0.15, 0.2) is 85.3 Å². The number of benzene rings is 3. The summed E-state index contributed by atoms with van der Waals surface area (Å²) in [6.07, 6.45) is -5.39. The molecule has 4 aromatic rings. The van der Waals surface area contributed by atoms with E-state index in [4.69, 9.17) is 0 Å². The maximum Gasteiger partial charge on any atom is 0.416 e. The van der Waals surface area contributed by atoms with Gasteiger partial charge < -0.3 is 9.47 Å². The van der Waals surface area contributed by atoms with E-state index in [0.717, 1.165) is 41.1 Å². The van der Waals surface area contributed by atoms with Crippen LogP contribution >= 0.6 is 0 Å². The largest absolute Gasteiger partial charge is 0.416 e. The molecular formula is C29H24F6N4O. The fourth-order valence-electron chi connectivity index (χ4n) is 4.66. The van der Waals surface area contributed by atoms with E-state index in [-0.39, 0.29) is 12.5 Å². The molecule has 208 valence electrons. The van der Waals surface area contributed by atoms with Gasteiger partial charge >= 0.3 is 12.4 Å². The van der Waals surface area contributed by atoms with E-state index in [0.29, 0.717) is 37.4 Å². The Morgan fingerprint density at radius 1 is 0.700 bits per heavy atom. The molecule has 1 aliphatic rings. The van der Waals surface area contributed by atoms with Crippen molar-refractivity contribution in [3.05, 3.63) is 108 Å². The lowest BCUT2D eigenvalue weighted by atomic mass is 10.0. The third-order valence-corrected chi connectivity index (χ3v) is 6.84.